The topological polar surface area (TPSA) is 51.2 Å². The molecule has 1 amide bonds. The standard InChI is InChI=1S/C26H36N2O4/c1-3-4-18-31-23-10-12-24(13-11-23)32-21-26(29)28(17-16-27-14-5-6-15-27)20-22-8-7-9-25(19-22)30-2/h7-13,19H,3-6,14-18,20-21H2,1-2H3. The molecule has 2 aromatic rings. The molecule has 1 aliphatic heterocycles. The summed E-state index contributed by atoms with van der Waals surface area (Å²) in [5.74, 6) is 2.27. The molecule has 0 aromatic heterocycles. The zero-order chi connectivity index (χ0) is 22.6. The Morgan fingerprint density at radius 3 is 2.41 bits per heavy atom. The first-order chi connectivity index (χ1) is 15.7. The number of hydrogen-bond donors (Lipinski definition) is 0. The van der Waals surface area contributed by atoms with E-state index >= 15 is 0 Å². The minimum Gasteiger partial charge on any atom is -0.497 e. The maximum Gasteiger partial charge on any atom is 0.260 e. The minimum absolute atomic E-state index is 0.0139. The normalized spacial score (nSPS) is 13.7. The van der Waals surface area contributed by atoms with Crippen LogP contribution in [0, 0.1) is 0 Å². The van der Waals surface area contributed by atoms with E-state index in [1.165, 1.54) is 12.8 Å². The summed E-state index contributed by atoms with van der Waals surface area (Å²) in [6.45, 7) is 7.21. The first kappa shape index (κ1) is 23.9. The fraction of sp³-hybridized carbons (Fsp3) is 0.500. The van der Waals surface area contributed by atoms with Gasteiger partial charge < -0.3 is 24.0 Å². The highest BCUT2D eigenvalue weighted by Gasteiger charge is 2.18. The van der Waals surface area contributed by atoms with Gasteiger partial charge in [0.1, 0.15) is 17.2 Å². The van der Waals surface area contributed by atoms with Crippen molar-refractivity contribution in [2.24, 2.45) is 0 Å². The van der Waals surface area contributed by atoms with Gasteiger partial charge >= 0.3 is 0 Å². The lowest BCUT2D eigenvalue weighted by atomic mass is 10.2. The molecular formula is C26H36N2O4. The van der Waals surface area contributed by atoms with Gasteiger partial charge in [0, 0.05) is 19.6 Å². The summed E-state index contributed by atoms with van der Waals surface area (Å²) in [4.78, 5) is 17.4. The number of carbonyl (C=O) groups excluding carboxylic acids is 1. The number of rotatable bonds is 13. The first-order valence-electron chi connectivity index (χ1n) is 11.7. The van der Waals surface area contributed by atoms with Crippen LogP contribution in [0.15, 0.2) is 48.5 Å². The monoisotopic (exact) mass is 440 g/mol. The van der Waals surface area contributed by atoms with Crippen LogP contribution in [0.3, 0.4) is 0 Å². The van der Waals surface area contributed by atoms with Gasteiger partial charge in [0.05, 0.1) is 13.7 Å². The zero-order valence-electron chi connectivity index (χ0n) is 19.4. The number of unbranched alkanes of at least 4 members (excludes halogenated alkanes) is 1. The summed E-state index contributed by atoms with van der Waals surface area (Å²) in [6.07, 6.45) is 4.62. The molecule has 0 atom stereocenters. The van der Waals surface area contributed by atoms with E-state index in [4.69, 9.17) is 14.2 Å². The second-order valence-electron chi connectivity index (χ2n) is 8.18. The van der Waals surface area contributed by atoms with Crippen molar-refractivity contribution in [1.29, 1.82) is 0 Å². The first-order valence-corrected chi connectivity index (χ1v) is 11.7. The number of benzene rings is 2. The fourth-order valence-electron chi connectivity index (χ4n) is 3.75. The third-order valence-corrected chi connectivity index (χ3v) is 5.70. The van der Waals surface area contributed by atoms with Crippen molar-refractivity contribution in [2.75, 3.05) is 46.5 Å². The summed E-state index contributed by atoms with van der Waals surface area (Å²) < 4.78 is 16.8. The number of nitrogens with zero attached hydrogens (tertiary/aromatic N) is 2. The van der Waals surface area contributed by atoms with Crippen LogP contribution in [0.4, 0.5) is 0 Å². The summed E-state index contributed by atoms with van der Waals surface area (Å²) in [5.41, 5.74) is 1.05. The second-order valence-corrected chi connectivity index (χ2v) is 8.18. The lowest BCUT2D eigenvalue weighted by Gasteiger charge is -2.26. The quantitative estimate of drug-likeness (QED) is 0.433. The van der Waals surface area contributed by atoms with Gasteiger partial charge in [-0.3, -0.25) is 4.79 Å². The van der Waals surface area contributed by atoms with E-state index in [-0.39, 0.29) is 12.5 Å². The lowest BCUT2D eigenvalue weighted by Crippen LogP contribution is -2.39. The van der Waals surface area contributed by atoms with Crippen molar-refractivity contribution >= 4 is 5.91 Å². The predicted octanol–water partition coefficient (Wildman–Crippen LogP) is 4.38. The van der Waals surface area contributed by atoms with Gasteiger partial charge in [-0.1, -0.05) is 25.5 Å². The second kappa shape index (κ2) is 13.0. The molecule has 1 saturated heterocycles. The van der Waals surface area contributed by atoms with Crippen LogP contribution in [0.25, 0.3) is 0 Å². The van der Waals surface area contributed by atoms with E-state index in [2.05, 4.69) is 11.8 Å². The van der Waals surface area contributed by atoms with Gasteiger partial charge in [0.25, 0.3) is 5.91 Å². The van der Waals surface area contributed by atoms with E-state index in [0.717, 1.165) is 49.5 Å². The van der Waals surface area contributed by atoms with E-state index in [1.807, 2.05) is 53.4 Å². The third-order valence-electron chi connectivity index (χ3n) is 5.70. The highest BCUT2D eigenvalue weighted by atomic mass is 16.5. The summed E-state index contributed by atoms with van der Waals surface area (Å²) >= 11 is 0. The maximum absolute atomic E-state index is 13.0. The molecule has 0 N–H and O–H groups in total. The van der Waals surface area contributed by atoms with Crippen LogP contribution >= 0.6 is 0 Å². The van der Waals surface area contributed by atoms with Crippen LogP contribution < -0.4 is 14.2 Å². The molecule has 1 heterocycles. The summed E-state index contributed by atoms with van der Waals surface area (Å²) in [6, 6.07) is 15.4. The van der Waals surface area contributed by atoms with E-state index in [1.54, 1.807) is 7.11 Å². The number of methoxy groups -OCH3 is 1. The van der Waals surface area contributed by atoms with Crippen molar-refractivity contribution in [3.63, 3.8) is 0 Å². The Labute approximate surface area is 192 Å². The molecule has 0 bridgehead atoms. The summed E-state index contributed by atoms with van der Waals surface area (Å²) in [5, 5.41) is 0. The Balaban J connectivity index is 1.56. The molecule has 0 unspecified atom stereocenters. The Morgan fingerprint density at radius 1 is 1.00 bits per heavy atom. The van der Waals surface area contributed by atoms with Crippen molar-refractivity contribution < 1.29 is 19.0 Å². The van der Waals surface area contributed by atoms with Gasteiger partial charge in [0.15, 0.2) is 6.61 Å². The fourth-order valence-corrected chi connectivity index (χ4v) is 3.75. The van der Waals surface area contributed by atoms with Gasteiger partial charge in [-0.25, -0.2) is 0 Å². The number of amides is 1. The molecule has 6 nitrogen and oxygen atoms in total. The molecule has 0 radical (unpaired) electrons. The summed E-state index contributed by atoms with van der Waals surface area (Å²) in [7, 11) is 1.66. The van der Waals surface area contributed by atoms with Crippen molar-refractivity contribution in [1.82, 2.24) is 9.80 Å². The van der Waals surface area contributed by atoms with Gasteiger partial charge in [-0.05, 0) is 74.3 Å². The molecule has 174 valence electrons. The van der Waals surface area contributed by atoms with Gasteiger partial charge in [-0.2, -0.15) is 0 Å². The zero-order valence-corrected chi connectivity index (χ0v) is 19.4. The Bertz CT molecular complexity index is 819. The van der Waals surface area contributed by atoms with E-state index < -0.39 is 0 Å². The van der Waals surface area contributed by atoms with Crippen LogP contribution in [0.5, 0.6) is 17.2 Å². The molecule has 0 saturated carbocycles. The average molecular weight is 441 g/mol. The number of carbonyl (C=O) groups is 1. The largest absolute Gasteiger partial charge is 0.497 e. The van der Waals surface area contributed by atoms with Gasteiger partial charge in [-0.15, -0.1) is 0 Å². The Hall–Kier alpha value is -2.73. The molecule has 2 aromatic carbocycles. The van der Waals surface area contributed by atoms with Gasteiger partial charge in [0.2, 0.25) is 0 Å². The molecular weight excluding hydrogens is 404 g/mol. The molecule has 0 spiro atoms. The molecule has 6 heteroatoms. The Kier molecular flexibility index (Phi) is 9.69. The van der Waals surface area contributed by atoms with Crippen LogP contribution in [0.1, 0.15) is 38.2 Å². The molecule has 0 aliphatic carbocycles. The smallest absolute Gasteiger partial charge is 0.260 e. The van der Waals surface area contributed by atoms with E-state index in [0.29, 0.717) is 25.4 Å². The number of hydrogen-bond acceptors (Lipinski definition) is 5. The highest BCUT2D eigenvalue weighted by Crippen LogP contribution is 2.19. The highest BCUT2D eigenvalue weighted by molar-refractivity contribution is 5.77. The lowest BCUT2D eigenvalue weighted by molar-refractivity contribution is -0.134. The molecule has 32 heavy (non-hydrogen) atoms. The molecule has 3 rings (SSSR count). The van der Waals surface area contributed by atoms with Crippen LogP contribution in [0.2, 0.25) is 0 Å². The Morgan fingerprint density at radius 2 is 1.72 bits per heavy atom. The minimum atomic E-state index is -0.0183. The third kappa shape index (κ3) is 7.75. The average Bonchev–Trinajstić information content (AvgIpc) is 3.35. The molecule has 1 fully saturated rings. The number of ether oxygens (including phenoxy) is 3. The van der Waals surface area contributed by atoms with Crippen molar-refractivity contribution in [2.45, 2.75) is 39.2 Å². The van der Waals surface area contributed by atoms with Crippen LogP contribution in [-0.4, -0.2) is 62.2 Å². The molecule has 1 aliphatic rings. The van der Waals surface area contributed by atoms with E-state index in [9.17, 15) is 4.79 Å². The predicted molar refractivity (Wildman–Crippen MR) is 126 cm³/mol. The SMILES string of the molecule is CCCCOc1ccc(OCC(=O)N(CCN2CCCC2)Cc2cccc(OC)c2)cc1. The maximum atomic E-state index is 13.0. The van der Waals surface area contributed by atoms with Crippen molar-refractivity contribution in [3.8, 4) is 17.2 Å². The van der Waals surface area contributed by atoms with Crippen LogP contribution in [-0.2, 0) is 11.3 Å². The van der Waals surface area contributed by atoms with Crippen molar-refractivity contribution in [3.05, 3.63) is 54.1 Å². The number of likely N-dealkylation sites (tertiary alicyclic amines) is 1.